The summed E-state index contributed by atoms with van der Waals surface area (Å²) >= 11 is 3.17. The van der Waals surface area contributed by atoms with Gasteiger partial charge in [-0.15, -0.1) is 0 Å². The van der Waals surface area contributed by atoms with Crippen LogP contribution in [0.3, 0.4) is 0 Å². The fourth-order valence-corrected chi connectivity index (χ4v) is 2.59. The van der Waals surface area contributed by atoms with Crippen LogP contribution in [0.5, 0.6) is 0 Å². The Balaban J connectivity index is 2.15. The number of hydrogen-bond donors (Lipinski definition) is 2. The summed E-state index contributed by atoms with van der Waals surface area (Å²) in [5, 5.41) is 16.7. The minimum absolute atomic E-state index is 0.0962. The van der Waals surface area contributed by atoms with Crippen LogP contribution in [0.4, 0.5) is 5.69 Å². The lowest BCUT2D eigenvalue weighted by atomic mass is 10.1. The maximum Gasteiger partial charge on any atom is 0.271 e. The van der Waals surface area contributed by atoms with Crippen LogP contribution in [0.1, 0.15) is 10.4 Å². The van der Waals surface area contributed by atoms with Gasteiger partial charge >= 0.3 is 0 Å². The van der Waals surface area contributed by atoms with Crippen molar-refractivity contribution < 1.29 is 14.5 Å². The lowest BCUT2D eigenvalue weighted by Crippen LogP contribution is -2.43. The number of non-ortho nitro benzene ring substituents is 1. The number of benzene rings is 1. The second-order valence-electron chi connectivity index (χ2n) is 4.47. The Morgan fingerprint density at radius 1 is 1.50 bits per heavy atom. The van der Waals surface area contributed by atoms with Crippen molar-refractivity contribution in [3.63, 3.8) is 0 Å². The van der Waals surface area contributed by atoms with Crippen LogP contribution in [-0.4, -0.2) is 43.2 Å². The van der Waals surface area contributed by atoms with Crippen molar-refractivity contribution >= 4 is 27.5 Å². The fraction of sp³-hybridized carbons (Fsp3) is 0.417. The number of rotatable bonds is 4. The Kier molecular flexibility index (Phi) is 4.69. The molecule has 108 valence electrons. The Hall–Kier alpha value is -1.51. The largest absolute Gasteiger partial charge is 0.378 e. The molecule has 1 aliphatic heterocycles. The number of ether oxygens (including phenoxy) is 1. The number of carbonyl (C=O) groups excluding carboxylic acids is 1. The number of nitro benzene ring substituents is 1. The van der Waals surface area contributed by atoms with Gasteiger partial charge in [0.1, 0.15) is 0 Å². The number of hydrogen-bond acceptors (Lipinski definition) is 5. The molecular weight excluding hydrogens is 330 g/mol. The second-order valence-corrected chi connectivity index (χ2v) is 5.38. The summed E-state index contributed by atoms with van der Waals surface area (Å²) < 4.78 is 5.74. The van der Waals surface area contributed by atoms with E-state index in [-0.39, 0.29) is 29.3 Å². The van der Waals surface area contributed by atoms with E-state index in [1.54, 1.807) is 13.2 Å². The monoisotopic (exact) mass is 343 g/mol. The van der Waals surface area contributed by atoms with Crippen molar-refractivity contribution in [3.05, 3.63) is 38.3 Å². The predicted octanol–water partition coefficient (Wildman–Crippen LogP) is 1.07. The molecule has 0 spiro atoms. The highest BCUT2D eigenvalue weighted by molar-refractivity contribution is 9.10. The van der Waals surface area contributed by atoms with Gasteiger partial charge in [0.25, 0.3) is 11.6 Å². The van der Waals surface area contributed by atoms with Gasteiger partial charge in [-0.1, -0.05) is 15.9 Å². The van der Waals surface area contributed by atoms with E-state index in [2.05, 4.69) is 26.6 Å². The van der Waals surface area contributed by atoms with Gasteiger partial charge in [0.2, 0.25) is 0 Å². The first-order valence-corrected chi connectivity index (χ1v) is 6.80. The Morgan fingerprint density at radius 2 is 2.25 bits per heavy atom. The highest BCUT2D eigenvalue weighted by atomic mass is 79.9. The average Bonchev–Trinajstić information content (AvgIpc) is 2.85. The zero-order valence-electron chi connectivity index (χ0n) is 10.8. The van der Waals surface area contributed by atoms with Crippen molar-refractivity contribution in [2.45, 2.75) is 12.1 Å². The first-order valence-electron chi connectivity index (χ1n) is 6.00. The van der Waals surface area contributed by atoms with Crippen molar-refractivity contribution in [1.82, 2.24) is 10.6 Å². The van der Waals surface area contributed by atoms with Gasteiger partial charge in [-0.2, -0.15) is 0 Å². The molecule has 1 heterocycles. The van der Waals surface area contributed by atoms with E-state index in [0.717, 1.165) is 0 Å². The first-order chi connectivity index (χ1) is 9.51. The standard InChI is InChI=1S/C12H14BrN3O4/c1-20-11-6-14-5-10(11)15-12(17)7-2-8(13)4-9(3-7)16(18)19/h2-4,10-11,14H,5-6H2,1H3,(H,15,17)/t10?,11-/m0/s1. The summed E-state index contributed by atoms with van der Waals surface area (Å²) in [6.07, 6.45) is -0.0962. The number of amides is 1. The molecule has 2 N–H and O–H groups in total. The highest BCUT2D eigenvalue weighted by Crippen LogP contribution is 2.21. The molecule has 1 aromatic rings. The van der Waals surface area contributed by atoms with Gasteiger partial charge < -0.3 is 15.4 Å². The minimum Gasteiger partial charge on any atom is -0.378 e. The molecular formula is C12H14BrN3O4. The molecule has 1 aliphatic rings. The van der Waals surface area contributed by atoms with Gasteiger partial charge in [0.05, 0.1) is 17.1 Å². The molecule has 20 heavy (non-hydrogen) atoms. The zero-order chi connectivity index (χ0) is 14.7. The first kappa shape index (κ1) is 14.9. The molecule has 7 nitrogen and oxygen atoms in total. The highest BCUT2D eigenvalue weighted by Gasteiger charge is 2.28. The minimum atomic E-state index is -0.531. The normalized spacial score (nSPS) is 21.7. The maximum atomic E-state index is 12.2. The molecule has 0 radical (unpaired) electrons. The number of nitrogens with one attached hydrogen (secondary N) is 2. The smallest absolute Gasteiger partial charge is 0.271 e. The summed E-state index contributed by atoms with van der Waals surface area (Å²) in [6.45, 7) is 1.28. The lowest BCUT2D eigenvalue weighted by molar-refractivity contribution is -0.385. The third kappa shape index (κ3) is 3.33. The van der Waals surface area contributed by atoms with Crippen molar-refractivity contribution in [2.24, 2.45) is 0 Å². The second kappa shape index (κ2) is 6.29. The molecule has 1 saturated heterocycles. The molecule has 1 unspecified atom stereocenters. The van der Waals surface area contributed by atoms with Crippen LogP contribution < -0.4 is 10.6 Å². The quantitative estimate of drug-likeness (QED) is 0.630. The predicted molar refractivity (Wildman–Crippen MR) is 75.7 cm³/mol. The molecule has 2 atom stereocenters. The van der Waals surface area contributed by atoms with Crippen LogP contribution >= 0.6 is 15.9 Å². The van der Waals surface area contributed by atoms with Crippen molar-refractivity contribution in [1.29, 1.82) is 0 Å². The van der Waals surface area contributed by atoms with Crippen LogP contribution in [0.25, 0.3) is 0 Å². The molecule has 2 rings (SSSR count). The fourth-order valence-electron chi connectivity index (χ4n) is 2.11. The van der Waals surface area contributed by atoms with Crippen LogP contribution in [0.2, 0.25) is 0 Å². The summed E-state index contributed by atoms with van der Waals surface area (Å²) in [6, 6.07) is 4.01. The zero-order valence-corrected chi connectivity index (χ0v) is 12.3. The number of nitrogens with zero attached hydrogens (tertiary/aromatic N) is 1. The van der Waals surface area contributed by atoms with Crippen LogP contribution in [-0.2, 0) is 4.74 Å². The van der Waals surface area contributed by atoms with E-state index in [4.69, 9.17) is 4.74 Å². The third-order valence-corrected chi connectivity index (χ3v) is 3.59. The van der Waals surface area contributed by atoms with Gasteiger partial charge in [-0.05, 0) is 6.07 Å². The third-order valence-electron chi connectivity index (χ3n) is 3.13. The molecule has 0 aliphatic carbocycles. The topological polar surface area (TPSA) is 93.5 Å². The SMILES string of the molecule is CO[C@H]1CNCC1NC(=O)c1cc(Br)cc([N+](=O)[O-])c1. The average molecular weight is 344 g/mol. The molecule has 0 saturated carbocycles. The Labute approximate surface area is 124 Å². The summed E-state index contributed by atoms with van der Waals surface area (Å²) in [7, 11) is 1.58. The van der Waals surface area contributed by atoms with E-state index >= 15 is 0 Å². The van der Waals surface area contributed by atoms with Gasteiger partial charge in [-0.3, -0.25) is 14.9 Å². The summed E-state index contributed by atoms with van der Waals surface area (Å²) in [5.74, 6) is -0.356. The van der Waals surface area contributed by atoms with Gasteiger partial charge in [-0.25, -0.2) is 0 Å². The molecule has 1 fully saturated rings. The lowest BCUT2D eigenvalue weighted by Gasteiger charge is -2.18. The van der Waals surface area contributed by atoms with Gasteiger partial charge in [0, 0.05) is 42.4 Å². The van der Waals surface area contributed by atoms with Crippen molar-refractivity contribution in [2.75, 3.05) is 20.2 Å². The van der Waals surface area contributed by atoms with Crippen molar-refractivity contribution in [3.8, 4) is 0 Å². The van der Waals surface area contributed by atoms with E-state index in [1.807, 2.05) is 0 Å². The Morgan fingerprint density at radius 3 is 2.90 bits per heavy atom. The molecule has 0 bridgehead atoms. The number of methoxy groups -OCH3 is 1. The molecule has 1 aromatic carbocycles. The number of carbonyl (C=O) groups is 1. The Bertz CT molecular complexity index is 537. The van der Waals surface area contributed by atoms with Gasteiger partial charge in [0.15, 0.2) is 0 Å². The number of nitro groups is 1. The molecule has 0 aromatic heterocycles. The maximum absolute atomic E-state index is 12.2. The van der Waals surface area contributed by atoms with E-state index in [1.165, 1.54) is 12.1 Å². The van der Waals surface area contributed by atoms with Crippen LogP contribution in [0.15, 0.2) is 22.7 Å². The molecule has 8 heteroatoms. The van der Waals surface area contributed by atoms with E-state index in [0.29, 0.717) is 17.6 Å². The molecule has 1 amide bonds. The van der Waals surface area contributed by atoms with Crippen LogP contribution in [0, 0.1) is 10.1 Å². The van der Waals surface area contributed by atoms with E-state index in [9.17, 15) is 14.9 Å². The summed E-state index contributed by atoms with van der Waals surface area (Å²) in [4.78, 5) is 22.4. The number of halogens is 1. The van der Waals surface area contributed by atoms with E-state index < -0.39 is 4.92 Å². The summed E-state index contributed by atoms with van der Waals surface area (Å²) in [5.41, 5.74) is 0.116.